The number of benzene rings is 1. The molecule has 0 bridgehead atoms. The summed E-state index contributed by atoms with van der Waals surface area (Å²) in [5, 5.41) is 12.2. The molecule has 2 atom stereocenters. The lowest BCUT2D eigenvalue weighted by molar-refractivity contribution is 0.148. The van der Waals surface area contributed by atoms with Gasteiger partial charge in [-0.1, -0.05) is 18.2 Å². The van der Waals surface area contributed by atoms with Gasteiger partial charge in [0.05, 0.1) is 6.10 Å². The summed E-state index contributed by atoms with van der Waals surface area (Å²) in [5.74, 6) is -0.443. The van der Waals surface area contributed by atoms with Gasteiger partial charge in [0.15, 0.2) is 0 Å². The summed E-state index contributed by atoms with van der Waals surface area (Å²) in [6, 6.07) is 9.77. The van der Waals surface area contributed by atoms with Crippen LogP contribution in [0.2, 0.25) is 0 Å². The Morgan fingerprint density at radius 2 is 1.94 bits per heavy atom. The van der Waals surface area contributed by atoms with Gasteiger partial charge in [0, 0.05) is 17.3 Å². The van der Waals surface area contributed by atoms with E-state index >= 15 is 0 Å². The van der Waals surface area contributed by atoms with Gasteiger partial charge in [-0.25, -0.2) is 4.39 Å². The van der Waals surface area contributed by atoms with Gasteiger partial charge in [0.2, 0.25) is 0 Å². The first-order valence-electron chi connectivity index (χ1n) is 5.39. The maximum absolute atomic E-state index is 12.8. The van der Waals surface area contributed by atoms with E-state index in [0.717, 1.165) is 4.88 Å². The minimum Gasteiger partial charge on any atom is -0.388 e. The number of thiophene rings is 1. The first-order valence-corrected chi connectivity index (χ1v) is 6.27. The van der Waals surface area contributed by atoms with Crippen LogP contribution in [-0.2, 0) is 0 Å². The molecule has 0 aliphatic carbocycles. The molecular formula is C13H14FNOS. The van der Waals surface area contributed by atoms with Gasteiger partial charge < -0.3 is 10.8 Å². The quantitative estimate of drug-likeness (QED) is 0.877. The molecule has 0 aliphatic rings. The van der Waals surface area contributed by atoms with Gasteiger partial charge in [-0.3, -0.25) is 0 Å². The van der Waals surface area contributed by atoms with Crippen molar-refractivity contribution in [2.75, 3.05) is 6.54 Å². The van der Waals surface area contributed by atoms with Crippen LogP contribution in [0, 0.1) is 5.82 Å². The van der Waals surface area contributed by atoms with Crippen LogP contribution in [0.3, 0.4) is 0 Å². The molecule has 1 heterocycles. The zero-order chi connectivity index (χ0) is 12.3. The molecule has 2 unspecified atom stereocenters. The van der Waals surface area contributed by atoms with E-state index in [4.69, 9.17) is 5.73 Å². The minimum absolute atomic E-state index is 0.138. The maximum Gasteiger partial charge on any atom is 0.123 e. The van der Waals surface area contributed by atoms with Crippen molar-refractivity contribution in [1.29, 1.82) is 0 Å². The van der Waals surface area contributed by atoms with Gasteiger partial charge in [0.25, 0.3) is 0 Å². The zero-order valence-corrected chi connectivity index (χ0v) is 10.0. The molecule has 2 aromatic rings. The Morgan fingerprint density at radius 1 is 1.24 bits per heavy atom. The summed E-state index contributed by atoms with van der Waals surface area (Å²) >= 11 is 1.57. The third kappa shape index (κ3) is 2.72. The summed E-state index contributed by atoms with van der Waals surface area (Å²) in [4.78, 5) is 1.05. The van der Waals surface area contributed by atoms with E-state index in [2.05, 4.69) is 0 Å². The number of hydrogen-bond donors (Lipinski definition) is 2. The minimum atomic E-state index is -0.695. The number of hydrogen-bond acceptors (Lipinski definition) is 3. The molecule has 2 nitrogen and oxygen atoms in total. The Bertz CT molecular complexity index is 455. The summed E-state index contributed by atoms with van der Waals surface area (Å²) in [5.41, 5.74) is 6.39. The standard InChI is InChI=1S/C13H14FNOS/c14-10-5-3-9(4-6-10)13(16)11(8-15)12-2-1-7-17-12/h1-7,11,13,16H,8,15H2. The van der Waals surface area contributed by atoms with E-state index in [1.165, 1.54) is 12.1 Å². The summed E-state index contributed by atoms with van der Waals surface area (Å²) < 4.78 is 12.8. The second-order valence-corrected chi connectivity index (χ2v) is 4.83. The predicted molar refractivity (Wildman–Crippen MR) is 67.5 cm³/mol. The van der Waals surface area contributed by atoms with Crippen molar-refractivity contribution >= 4 is 11.3 Å². The summed E-state index contributed by atoms with van der Waals surface area (Å²) in [6.45, 7) is 0.360. The molecule has 0 amide bonds. The molecule has 0 saturated carbocycles. The largest absolute Gasteiger partial charge is 0.388 e. The Kier molecular flexibility index (Phi) is 3.89. The predicted octanol–water partition coefficient (Wildman–Crippen LogP) is 2.66. The fourth-order valence-corrected chi connectivity index (χ4v) is 2.67. The van der Waals surface area contributed by atoms with Crippen molar-refractivity contribution in [1.82, 2.24) is 0 Å². The Labute approximate surface area is 104 Å². The smallest absolute Gasteiger partial charge is 0.123 e. The summed E-state index contributed by atoms with van der Waals surface area (Å²) in [6.07, 6.45) is -0.695. The highest BCUT2D eigenvalue weighted by Crippen LogP contribution is 2.32. The van der Waals surface area contributed by atoms with Crippen LogP contribution in [0.5, 0.6) is 0 Å². The van der Waals surface area contributed by atoms with E-state index in [1.807, 2.05) is 17.5 Å². The molecule has 0 fully saturated rings. The molecule has 4 heteroatoms. The lowest BCUT2D eigenvalue weighted by Gasteiger charge is -2.20. The van der Waals surface area contributed by atoms with Crippen LogP contribution in [0.1, 0.15) is 22.5 Å². The fraction of sp³-hybridized carbons (Fsp3) is 0.231. The molecular weight excluding hydrogens is 237 g/mol. The van der Waals surface area contributed by atoms with Gasteiger partial charge in [-0.2, -0.15) is 0 Å². The van der Waals surface area contributed by atoms with E-state index in [0.29, 0.717) is 12.1 Å². The van der Waals surface area contributed by atoms with Gasteiger partial charge >= 0.3 is 0 Å². The maximum atomic E-state index is 12.8. The van der Waals surface area contributed by atoms with Crippen LogP contribution in [0.15, 0.2) is 41.8 Å². The van der Waals surface area contributed by atoms with Crippen molar-refractivity contribution in [2.24, 2.45) is 5.73 Å². The van der Waals surface area contributed by atoms with Crippen molar-refractivity contribution in [3.05, 3.63) is 58.0 Å². The molecule has 0 radical (unpaired) electrons. The van der Waals surface area contributed by atoms with E-state index in [9.17, 15) is 9.50 Å². The normalized spacial score (nSPS) is 14.5. The van der Waals surface area contributed by atoms with Gasteiger partial charge in [0.1, 0.15) is 5.82 Å². The van der Waals surface area contributed by atoms with Crippen molar-refractivity contribution in [3.63, 3.8) is 0 Å². The Balaban J connectivity index is 2.23. The van der Waals surface area contributed by atoms with Crippen molar-refractivity contribution in [2.45, 2.75) is 12.0 Å². The highest BCUT2D eigenvalue weighted by atomic mass is 32.1. The molecule has 3 N–H and O–H groups in total. The van der Waals surface area contributed by atoms with E-state index in [-0.39, 0.29) is 11.7 Å². The first kappa shape index (κ1) is 12.2. The molecule has 17 heavy (non-hydrogen) atoms. The number of halogens is 1. The average Bonchev–Trinajstić information content (AvgIpc) is 2.84. The number of nitrogens with two attached hydrogens (primary N) is 1. The SMILES string of the molecule is NCC(c1cccs1)C(O)c1ccc(F)cc1. The second-order valence-electron chi connectivity index (χ2n) is 3.85. The lowest BCUT2D eigenvalue weighted by Crippen LogP contribution is -2.19. The first-order chi connectivity index (χ1) is 8.22. The van der Waals surface area contributed by atoms with Gasteiger partial charge in [-0.15, -0.1) is 11.3 Å². The topological polar surface area (TPSA) is 46.2 Å². The number of aliphatic hydroxyl groups is 1. The monoisotopic (exact) mass is 251 g/mol. The molecule has 0 aliphatic heterocycles. The number of rotatable bonds is 4. The highest BCUT2D eigenvalue weighted by Gasteiger charge is 2.22. The van der Waals surface area contributed by atoms with Crippen LogP contribution >= 0.6 is 11.3 Å². The second kappa shape index (κ2) is 5.40. The zero-order valence-electron chi connectivity index (χ0n) is 9.21. The van der Waals surface area contributed by atoms with Crippen molar-refractivity contribution < 1.29 is 9.50 Å². The third-order valence-electron chi connectivity index (χ3n) is 2.76. The van der Waals surface area contributed by atoms with Crippen LogP contribution < -0.4 is 5.73 Å². The third-order valence-corrected chi connectivity index (χ3v) is 3.76. The number of aliphatic hydroxyl groups excluding tert-OH is 1. The molecule has 1 aromatic carbocycles. The molecule has 0 saturated heterocycles. The summed E-state index contributed by atoms with van der Waals surface area (Å²) in [7, 11) is 0. The average molecular weight is 251 g/mol. The van der Waals surface area contributed by atoms with Gasteiger partial charge in [-0.05, 0) is 29.1 Å². The molecule has 2 rings (SSSR count). The van der Waals surface area contributed by atoms with E-state index < -0.39 is 6.10 Å². The van der Waals surface area contributed by atoms with E-state index in [1.54, 1.807) is 23.5 Å². The molecule has 1 aromatic heterocycles. The fourth-order valence-electron chi connectivity index (χ4n) is 1.80. The molecule has 0 spiro atoms. The van der Waals surface area contributed by atoms with Crippen LogP contribution in [0.4, 0.5) is 4.39 Å². The van der Waals surface area contributed by atoms with Crippen LogP contribution in [-0.4, -0.2) is 11.7 Å². The Hall–Kier alpha value is -1.23. The van der Waals surface area contributed by atoms with Crippen molar-refractivity contribution in [3.8, 4) is 0 Å². The molecule has 90 valence electrons. The lowest BCUT2D eigenvalue weighted by atomic mass is 9.94. The van der Waals surface area contributed by atoms with Crippen LogP contribution in [0.25, 0.3) is 0 Å². The Morgan fingerprint density at radius 3 is 2.47 bits per heavy atom. The highest BCUT2D eigenvalue weighted by molar-refractivity contribution is 7.10.